The zero-order valence-electron chi connectivity index (χ0n) is 12.2. The third-order valence-electron chi connectivity index (χ3n) is 3.89. The molecule has 1 aromatic carbocycles. The number of aromatic nitrogens is 1. The van der Waals surface area contributed by atoms with Gasteiger partial charge in [0.1, 0.15) is 0 Å². The summed E-state index contributed by atoms with van der Waals surface area (Å²) in [6.07, 6.45) is 1.43. The summed E-state index contributed by atoms with van der Waals surface area (Å²) in [7, 11) is 0. The molecule has 0 spiro atoms. The van der Waals surface area contributed by atoms with Gasteiger partial charge in [0, 0.05) is 29.2 Å². The van der Waals surface area contributed by atoms with E-state index in [1.54, 1.807) is 29.2 Å². The average molecular weight is 335 g/mol. The summed E-state index contributed by atoms with van der Waals surface area (Å²) in [6.45, 7) is 0.538. The SMILES string of the molecule is O=C(O)CC1CCCN1C(=O)c1cc(-c2cccc(Cl)c2)on1. The van der Waals surface area contributed by atoms with E-state index in [-0.39, 0.29) is 24.1 Å². The van der Waals surface area contributed by atoms with Gasteiger partial charge in [-0.1, -0.05) is 28.9 Å². The fourth-order valence-electron chi connectivity index (χ4n) is 2.82. The quantitative estimate of drug-likeness (QED) is 0.929. The van der Waals surface area contributed by atoms with Gasteiger partial charge in [-0.25, -0.2) is 0 Å². The third kappa shape index (κ3) is 3.37. The molecule has 1 N–H and O–H groups in total. The van der Waals surface area contributed by atoms with Gasteiger partial charge in [0.05, 0.1) is 6.42 Å². The number of halogens is 1. The van der Waals surface area contributed by atoms with E-state index in [0.717, 1.165) is 12.0 Å². The summed E-state index contributed by atoms with van der Waals surface area (Å²) in [5.74, 6) is -0.759. The first kappa shape index (κ1) is 15.6. The lowest BCUT2D eigenvalue weighted by Crippen LogP contribution is -2.37. The van der Waals surface area contributed by atoms with Crippen LogP contribution >= 0.6 is 11.6 Å². The standard InChI is InChI=1S/C16H15ClN2O4/c17-11-4-1-3-10(7-11)14-9-13(18-23-14)16(22)19-6-2-5-12(19)8-15(20)21/h1,3-4,7,9,12H,2,5-6,8H2,(H,20,21). The van der Waals surface area contributed by atoms with Crippen LogP contribution in [0, 0.1) is 0 Å². The Hall–Kier alpha value is -2.34. The summed E-state index contributed by atoms with van der Waals surface area (Å²) >= 11 is 5.94. The molecule has 1 aliphatic rings. The molecule has 3 rings (SSSR count). The molecule has 2 aromatic rings. The first-order valence-corrected chi connectivity index (χ1v) is 7.68. The van der Waals surface area contributed by atoms with E-state index in [1.807, 2.05) is 6.07 Å². The fraction of sp³-hybridized carbons (Fsp3) is 0.312. The number of rotatable bonds is 4. The molecule has 120 valence electrons. The number of hydrogen-bond donors (Lipinski definition) is 1. The summed E-state index contributed by atoms with van der Waals surface area (Å²) in [6, 6.07) is 8.33. The second-order valence-electron chi connectivity index (χ2n) is 5.48. The topological polar surface area (TPSA) is 83.6 Å². The van der Waals surface area contributed by atoms with Crippen molar-refractivity contribution in [1.29, 1.82) is 0 Å². The molecule has 0 bridgehead atoms. The first-order valence-electron chi connectivity index (χ1n) is 7.30. The van der Waals surface area contributed by atoms with Gasteiger partial charge in [0.25, 0.3) is 5.91 Å². The van der Waals surface area contributed by atoms with Crippen LogP contribution in [0.2, 0.25) is 5.02 Å². The minimum Gasteiger partial charge on any atom is -0.481 e. The lowest BCUT2D eigenvalue weighted by atomic mass is 10.1. The minimum absolute atomic E-state index is 0.0509. The second-order valence-corrected chi connectivity index (χ2v) is 5.92. The van der Waals surface area contributed by atoms with Crippen LogP contribution in [0.5, 0.6) is 0 Å². The van der Waals surface area contributed by atoms with E-state index >= 15 is 0 Å². The number of carboxylic acids is 1. The molecule has 1 atom stereocenters. The van der Waals surface area contributed by atoms with E-state index in [1.165, 1.54) is 0 Å². The molecule has 2 heterocycles. The molecule has 0 aliphatic carbocycles. The molecule has 1 saturated heterocycles. The number of benzene rings is 1. The van der Waals surface area contributed by atoms with Crippen molar-refractivity contribution < 1.29 is 19.2 Å². The van der Waals surface area contributed by atoms with Gasteiger partial charge in [-0.3, -0.25) is 9.59 Å². The Balaban J connectivity index is 1.79. The summed E-state index contributed by atoms with van der Waals surface area (Å²) < 4.78 is 5.23. The molecular weight excluding hydrogens is 320 g/mol. The zero-order valence-corrected chi connectivity index (χ0v) is 13.0. The number of hydrogen-bond acceptors (Lipinski definition) is 4. The Morgan fingerprint density at radius 3 is 2.96 bits per heavy atom. The lowest BCUT2D eigenvalue weighted by Gasteiger charge is -2.22. The monoisotopic (exact) mass is 334 g/mol. The molecule has 0 radical (unpaired) electrons. The highest BCUT2D eigenvalue weighted by Crippen LogP contribution is 2.26. The van der Waals surface area contributed by atoms with Crippen LogP contribution in [0.25, 0.3) is 11.3 Å². The summed E-state index contributed by atoms with van der Waals surface area (Å²) in [5.41, 5.74) is 0.907. The van der Waals surface area contributed by atoms with Gasteiger partial charge in [0.15, 0.2) is 11.5 Å². The van der Waals surface area contributed by atoms with Crippen molar-refractivity contribution >= 4 is 23.5 Å². The second kappa shape index (κ2) is 6.42. The normalized spacial score (nSPS) is 17.4. The Bertz CT molecular complexity index is 743. The van der Waals surface area contributed by atoms with Crippen molar-refractivity contribution in [2.75, 3.05) is 6.54 Å². The predicted octanol–water partition coefficient (Wildman–Crippen LogP) is 3.07. The number of carbonyl (C=O) groups excluding carboxylic acids is 1. The van der Waals surface area contributed by atoms with E-state index in [9.17, 15) is 9.59 Å². The van der Waals surface area contributed by atoms with Crippen molar-refractivity contribution in [2.24, 2.45) is 0 Å². The van der Waals surface area contributed by atoms with Gasteiger partial charge < -0.3 is 14.5 Å². The van der Waals surface area contributed by atoms with Crippen LogP contribution in [-0.2, 0) is 4.79 Å². The molecule has 6 nitrogen and oxygen atoms in total. The molecule has 1 fully saturated rings. The maximum Gasteiger partial charge on any atom is 0.305 e. The van der Waals surface area contributed by atoms with Gasteiger partial charge in [-0.15, -0.1) is 0 Å². The van der Waals surface area contributed by atoms with Crippen LogP contribution in [0.1, 0.15) is 29.8 Å². The van der Waals surface area contributed by atoms with Crippen LogP contribution in [0.4, 0.5) is 0 Å². The van der Waals surface area contributed by atoms with Crippen molar-refractivity contribution in [3.63, 3.8) is 0 Å². The molecule has 23 heavy (non-hydrogen) atoms. The zero-order chi connectivity index (χ0) is 16.4. The molecule has 7 heteroatoms. The first-order chi connectivity index (χ1) is 11.0. The summed E-state index contributed by atoms with van der Waals surface area (Å²) in [5, 5.41) is 13.3. The van der Waals surface area contributed by atoms with Gasteiger partial charge in [0.2, 0.25) is 0 Å². The number of carboxylic acid groups (broad SMARTS) is 1. The molecule has 1 aromatic heterocycles. The molecule has 1 aliphatic heterocycles. The van der Waals surface area contributed by atoms with Crippen molar-refractivity contribution in [3.05, 3.63) is 41.0 Å². The number of aliphatic carboxylic acids is 1. The van der Waals surface area contributed by atoms with Crippen LogP contribution in [-0.4, -0.2) is 39.6 Å². The molecular formula is C16H15ClN2O4. The van der Waals surface area contributed by atoms with E-state index in [2.05, 4.69) is 5.16 Å². The number of likely N-dealkylation sites (tertiary alicyclic amines) is 1. The molecule has 0 saturated carbocycles. The van der Waals surface area contributed by atoms with Crippen molar-refractivity contribution in [3.8, 4) is 11.3 Å². The maximum absolute atomic E-state index is 12.5. The lowest BCUT2D eigenvalue weighted by molar-refractivity contribution is -0.137. The summed E-state index contributed by atoms with van der Waals surface area (Å²) in [4.78, 5) is 25.0. The Morgan fingerprint density at radius 2 is 2.22 bits per heavy atom. The Labute approximate surface area is 137 Å². The number of amides is 1. The van der Waals surface area contributed by atoms with Gasteiger partial charge in [-0.05, 0) is 25.0 Å². The van der Waals surface area contributed by atoms with E-state index in [0.29, 0.717) is 23.7 Å². The maximum atomic E-state index is 12.5. The predicted molar refractivity (Wildman–Crippen MR) is 83.3 cm³/mol. The van der Waals surface area contributed by atoms with E-state index in [4.69, 9.17) is 21.2 Å². The number of carbonyl (C=O) groups is 2. The average Bonchev–Trinajstić information content (AvgIpc) is 3.15. The Kier molecular flexibility index (Phi) is 4.34. The largest absolute Gasteiger partial charge is 0.481 e. The smallest absolute Gasteiger partial charge is 0.305 e. The highest BCUT2D eigenvalue weighted by Gasteiger charge is 2.32. The fourth-order valence-corrected chi connectivity index (χ4v) is 3.01. The van der Waals surface area contributed by atoms with Crippen molar-refractivity contribution in [2.45, 2.75) is 25.3 Å². The highest BCUT2D eigenvalue weighted by molar-refractivity contribution is 6.30. The number of nitrogens with zero attached hydrogens (tertiary/aromatic N) is 2. The van der Waals surface area contributed by atoms with Crippen LogP contribution in [0.15, 0.2) is 34.9 Å². The van der Waals surface area contributed by atoms with Crippen molar-refractivity contribution in [1.82, 2.24) is 10.1 Å². The minimum atomic E-state index is -0.908. The third-order valence-corrected chi connectivity index (χ3v) is 4.12. The molecule has 1 unspecified atom stereocenters. The van der Waals surface area contributed by atoms with E-state index < -0.39 is 5.97 Å². The molecule has 1 amide bonds. The highest BCUT2D eigenvalue weighted by atomic mass is 35.5. The Morgan fingerprint density at radius 1 is 1.39 bits per heavy atom. The van der Waals surface area contributed by atoms with Gasteiger partial charge in [-0.2, -0.15) is 0 Å². The van der Waals surface area contributed by atoms with Crippen LogP contribution in [0.3, 0.4) is 0 Å². The van der Waals surface area contributed by atoms with Crippen LogP contribution < -0.4 is 0 Å². The van der Waals surface area contributed by atoms with Gasteiger partial charge >= 0.3 is 5.97 Å².